The molecule has 3 rings (SSSR count). The van der Waals surface area contributed by atoms with Crippen molar-refractivity contribution in [2.24, 2.45) is 5.73 Å². The van der Waals surface area contributed by atoms with Gasteiger partial charge < -0.3 is 10.5 Å². The average molecular weight is 285 g/mol. The lowest BCUT2D eigenvalue weighted by Crippen LogP contribution is -2.17. The fourth-order valence-corrected chi connectivity index (χ4v) is 2.89. The van der Waals surface area contributed by atoms with Crippen LogP contribution in [0.1, 0.15) is 41.1 Å². The number of benzene rings is 2. The topological polar surface area (TPSA) is 35.2 Å². The molecule has 0 amide bonds. The lowest BCUT2D eigenvalue weighted by molar-refractivity contribution is 0.304. The maximum Gasteiger partial charge on any atom is 0.123 e. The minimum absolute atomic E-state index is 0.116. The van der Waals surface area contributed by atoms with Crippen molar-refractivity contribution in [1.29, 1.82) is 0 Å². The van der Waals surface area contributed by atoms with Crippen molar-refractivity contribution in [3.8, 4) is 5.75 Å². The van der Waals surface area contributed by atoms with E-state index in [0.29, 0.717) is 6.61 Å². The van der Waals surface area contributed by atoms with Crippen molar-refractivity contribution in [2.75, 3.05) is 0 Å². The molecule has 0 fully saturated rings. The Balaban J connectivity index is 1.75. The number of ether oxygens (including phenoxy) is 1. The molecule has 0 aliphatic heterocycles. The van der Waals surface area contributed by atoms with Crippen LogP contribution in [0.25, 0.3) is 0 Å². The van der Waals surface area contributed by atoms with Crippen LogP contribution >= 0.6 is 0 Å². The number of fused-ring (bicyclic) bond motifs is 1. The third-order valence-electron chi connectivity index (χ3n) is 4.18. The number of nitrogens with two attached hydrogens (primary N) is 1. The van der Waals surface area contributed by atoms with Gasteiger partial charge in [0, 0.05) is 6.04 Å². The minimum atomic E-state index is -0.212. The monoisotopic (exact) mass is 285 g/mol. The fraction of sp³-hybridized carbons (Fsp3) is 0.333. The molecule has 2 nitrogen and oxygen atoms in total. The Bertz CT molecular complexity index is 654. The fourth-order valence-electron chi connectivity index (χ4n) is 2.89. The second kappa shape index (κ2) is 5.86. The van der Waals surface area contributed by atoms with Crippen LogP contribution < -0.4 is 10.5 Å². The molecule has 1 aliphatic carbocycles. The van der Waals surface area contributed by atoms with E-state index in [-0.39, 0.29) is 11.9 Å². The predicted molar refractivity (Wildman–Crippen MR) is 81.8 cm³/mol. The highest BCUT2D eigenvalue weighted by molar-refractivity contribution is 5.39. The highest BCUT2D eigenvalue weighted by Gasteiger charge is 2.17. The molecule has 3 heteroatoms. The minimum Gasteiger partial charge on any atom is -0.489 e. The average Bonchev–Trinajstić information content (AvgIpc) is 2.47. The summed E-state index contributed by atoms with van der Waals surface area (Å²) >= 11 is 0. The van der Waals surface area contributed by atoms with E-state index in [2.05, 4.69) is 12.1 Å². The normalized spacial score (nSPS) is 17.4. The summed E-state index contributed by atoms with van der Waals surface area (Å²) in [5.74, 6) is 0.617. The Hall–Kier alpha value is -1.87. The van der Waals surface area contributed by atoms with Gasteiger partial charge in [-0.2, -0.15) is 0 Å². The third-order valence-corrected chi connectivity index (χ3v) is 4.18. The van der Waals surface area contributed by atoms with Gasteiger partial charge in [-0.25, -0.2) is 4.39 Å². The second-order valence-electron chi connectivity index (χ2n) is 5.72. The molecule has 0 heterocycles. The van der Waals surface area contributed by atoms with E-state index < -0.39 is 0 Å². The zero-order chi connectivity index (χ0) is 14.8. The smallest absolute Gasteiger partial charge is 0.123 e. The van der Waals surface area contributed by atoms with Crippen molar-refractivity contribution >= 4 is 0 Å². The quantitative estimate of drug-likeness (QED) is 0.923. The summed E-state index contributed by atoms with van der Waals surface area (Å²) in [5, 5.41) is 0. The molecule has 2 aromatic rings. The molecule has 110 valence electrons. The van der Waals surface area contributed by atoms with Crippen LogP contribution in [0.4, 0.5) is 4.39 Å². The Morgan fingerprint density at radius 3 is 2.90 bits per heavy atom. The van der Waals surface area contributed by atoms with E-state index in [0.717, 1.165) is 36.1 Å². The van der Waals surface area contributed by atoms with Crippen LogP contribution in [0, 0.1) is 12.7 Å². The summed E-state index contributed by atoms with van der Waals surface area (Å²) in [6, 6.07) is 11.0. The molecule has 0 saturated heterocycles. The molecule has 2 N–H and O–H groups in total. The van der Waals surface area contributed by atoms with E-state index in [1.807, 2.05) is 13.0 Å². The molecule has 1 aliphatic rings. The summed E-state index contributed by atoms with van der Waals surface area (Å²) in [6.45, 7) is 2.34. The Morgan fingerprint density at radius 1 is 1.24 bits per heavy atom. The van der Waals surface area contributed by atoms with Crippen LogP contribution in [0.5, 0.6) is 5.75 Å². The van der Waals surface area contributed by atoms with Gasteiger partial charge in [0.25, 0.3) is 0 Å². The Morgan fingerprint density at radius 2 is 2.10 bits per heavy atom. The van der Waals surface area contributed by atoms with E-state index in [1.54, 1.807) is 6.07 Å². The molecule has 0 radical (unpaired) electrons. The van der Waals surface area contributed by atoms with E-state index in [1.165, 1.54) is 23.3 Å². The summed E-state index contributed by atoms with van der Waals surface area (Å²) < 4.78 is 18.9. The van der Waals surface area contributed by atoms with Crippen LogP contribution in [0.2, 0.25) is 0 Å². The van der Waals surface area contributed by atoms with Crippen molar-refractivity contribution in [1.82, 2.24) is 0 Å². The first-order chi connectivity index (χ1) is 10.1. The number of halogens is 1. The molecule has 0 unspecified atom stereocenters. The first-order valence-corrected chi connectivity index (χ1v) is 7.40. The molecule has 0 saturated carbocycles. The summed E-state index contributed by atoms with van der Waals surface area (Å²) in [4.78, 5) is 0. The van der Waals surface area contributed by atoms with E-state index in [9.17, 15) is 4.39 Å². The van der Waals surface area contributed by atoms with Gasteiger partial charge in [0.15, 0.2) is 0 Å². The first kappa shape index (κ1) is 14.1. The molecular weight excluding hydrogens is 265 g/mol. The van der Waals surface area contributed by atoms with Gasteiger partial charge in [-0.05, 0) is 72.7 Å². The van der Waals surface area contributed by atoms with Crippen molar-refractivity contribution in [2.45, 2.75) is 38.8 Å². The Labute approximate surface area is 124 Å². The predicted octanol–water partition coefficient (Wildman–Crippen LogP) is 4.05. The zero-order valence-electron chi connectivity index (χ0n) is 12.2. The molecule has 1 atom stereocenters. The van der Waals surface area contributed by atoms with Crippen molar-refractivity contribution < 1.29 is 9.13 Å². The number of rotatable bonds is 3. The van der Waals surface area contributed by atoms with Gasteiger partial charge >= 0.3 is 0 Å². The lowest BCUT2D eigenvalue weighted by atomic mass is 9.88. The van der Waals surface area contributed by atoms with Gasteiger partial charge in [0.1, 0.15) is 18.2 Å². The van der Waals surface area contributed by atoms with Crippen LogP contribution in [0.15, 0.2) is 36.4 Å². The van der Waals surface area contributed by atoms with E-state index >= 15 is 0 Å². The molecule has 21 heavy (non-hydrogen) atoms. The van der Waals surface area contributed by atoms with Gasteiger partial charge in [-0.3, -0.25) is 0 Å². The van der Waals surface area contributed by atoms with Gasteiger partial charge in [0.05, 0.1) is 0 Å². The highest BCUT2D eigenvalue weighted by Crippen LogP contribution is 2.31. The summed E-state index contributed by atoms with van der Waals surface area (Å²) in [6.07, 6.45) is 3.29. The third kappa shape index (κ3) is 3.08. The molecule has 0 aromatic heterocycles. The van der Waals surface area contributed by atoms with Crippen LogP contribution in [0.3, 0.4) is 0 Å². The summed E-state index contributed by atoms with van der Waals surface area (Å²) in [7, 11) is 0. The number of hydrogen-bond acceptors (Lipinski definition) is 2. The van der Waals surface area contributed by atoms with Crippen LogP contribution in [-0.4, -0.2) is 0 Å². The van der Waals surface area contributed by atoms with Crippen molar-refractivity contribution in [3.63, 3.8) is 0 Å². The zero-order valence-corrected chi connectivity index (χ0v) is 12.2. The largest absolute Gasteiger partial charge is 0.489 e. The Kier molecular flexibility index (Phi) is 3.93. The standard InChI is InChI=1S/C18H20FNO/c1-12-9-15(19)7-5-14(12)11-21-16-8-6-13-3-2-4-18(20)17(13)10-16/h5-10,18H,2-4,11,20H2,1H3/t18-/m1/s1. The van der Waals surface area contributed by atoms with Gasteiger partial charge in [0.2, 0.25) is 0 Å². The highest BCUT2D eigenvalue weighted by atomic mass is 19.1. The first-order valence-electron chi connectivity index (χ1n) is 7.40. The molecule has 0 spiro atoms. The maximum absolute atomic E-state index is 13.1. The molecule has 0 bridgehead atoms. The lowest BCUT2D eigenvalue weighted by Gasteiger charge is -2.23. The number of hydrogen-bond donors (Lipinski definition) is 1. The van der Waals surface area contributed by atoms with Gasteiger partial charge in [-0.1, -0.05) is 12.1 Å². The second-order valence-corrected chi connectivity index (χ2v) is 5.72. The van der Waals surface area contributed by atoms with Crippen LogP contribution in [-0.2, 0) is 13.0 Å². The molecular formula is C18H20FNO. The number of aryl methyl sites for hydroxylation is 2. The summed E-state index contributed by atoms with van der Waals surface area (Å²) in [5.41, 5.74) is 10.6. The van der Waals surface area contributed by atoms with E-state index in [4.69, 9.17) is 10.5 Å². The SMILES string of the molecule is Cc1cc(F)ccc1COc1ccc2c(c1)[C@H](N)CCC2. The van der Waals surface area contributed by atoms with Crippen molar-refractivity contribution in [3.05, 3.63) is 64.5 Å². The maximum atomic E-state index is 13.1. The molecule has 2 aromatic carbocycles. The van der Waals surface area contributed by atoms with Gasteiger partial charge in [-0.15, -0.1) is 0 Å².